The van der Waals surface area contributed by atoms with Gasteiger partial charge in [0.2, 0.25) is 0 Å². The van der Waals surface area contributed by atoms with Gasteiger partial charge < -0.3 is 15.2 Å². The summed E-state index contributed by atoms with van der Waals surface area (Å²) < 4.78 is 10.6. The van der Waals surface area contributed by atoms with Gasteiger partial charge in [-0.2, -0.15) is 0 Å². The fraction of sp³-hybridized carbons (Fsp3) is 0.312. The number of nitrogens with two attached hydrogens (primary N) is 1. The van der Waals surface area contributed by atoms with Crippen LogP contribution in [0, 0.1) is 0 Å². The van der Waals surface area contributed by atoms with E-state index in [4.69, 9.17) is 15.2 Å². The van der Waals surface area contributed by atoms with Crippen molar-refractivity contribution in [1.82, 2.24) is 0 Å². The number of ether oxygens (including phenoxy) is 2. The van der Waals surface area contributed by atoms with Crippen molar-refractivity contribution in [1.29, 1.82) is 0 Å². The second-order valence-electron chi connectivity index (χ2n) is 4.99. The summed E-state index contributed by atoms with van der Waals surface area (Å²) in [6, 6.07) is 8.01. The lowest BCUT2D eigenvalue weighted by molar-refractivity contribution is -0.139. The van der Waals surface area contributed by atoms with Crippen molar-refractivity contribution in [2.75, 3.05) is 0 Å². The van der Waals surface area contributed by atoms with E-state index < -0.39 is 12.2 Å². The standard InChI is InChI=1S/C16H17NO3/c17-15(18)16-19-10-14(20-16)13-9-5-4-8-12(13)11-6-2-1-3-7-11/h4-6,8-10,16H,1-3,7H2,(H2,17,18). The number of carbonyl (C=O) groups is 1. The van der Waals surface area contributed by atoms with E-state index in [1.807, 2.05) is 18.2 Å². The second-order valence-corrected chi connectivity index (χ2v) is 4.99. The van der Waals surface area contributed by atoms with E-state index in [2.05, 4.69) is 12.1 Å². The Bertz CT molecular complexity index is 589. The summed E-state index contributed by atoms with van der Waals surface area (Å²) in [4.78, 5) is 11.1. The third kappa shape index (κ3) is 2.41. The fourth-order valence-corrected chi connectivity index (χ4v) is 2.61. The quantitative estimate of drug-likeness (QED) is 0.919. The number of rotatable bonds is 3. The lowest BCUT2D eigenvalue weighted by Crippen LogP contribution is -2.29. The number of allylic oxidation sites excluding steroid dienone is 2. The minimum absolute atomic E-state index is 0.566. The zero-order valence-corrected chi connectivity index (χ0v) is 11.2. The number of benzene rings is 1. The molecule has 0 radical (unpaired) electrons. The van der Waals surface area contributed by atoms with Gasteiger partial charge in [0.15, 0.2) is 5.76 Å². The molecule has 1 amide bonds. The van der Waals surface area contributed by atoms with Gasteiger partial charge in [0.25, 0.3) is 5.91 Å². The van der Waals surface area contributed by atoms with Crippen molar-refractivity contribution in [3.8, 4) is 0 Å². The maximum absolute atomic E-state index is 11.1. The van der Waals surface area contributed by atoms with E-state index in [1.54, 1.807) is 0 Å². The summed E-state index contributed by atoms with van der Waals surface area (Å²) in [6.45, 7) is 0. The number of hydrogen-bond acceptors (Lipinski definition) is 3. The van der Waals surface area contributed by atoms with Gasteiger partial charge in [-0.25, -0.2) is 0 Å². The molecule has 1 aliphatic carbocycles. The number of hydrogen-bond donors (Lipinski definition) is 1. The van der Waals surface area contributed by atoms with Crippen LogP contribution < -0.4 is 5.73 Å². The molecule has 104 valence electrons. The van der Waals surface area contributed by atoms with E-state index in [1.165, 1.54) is 24.7 Å². The highest BCUT2D eigenvalue weighted by molar-refractivity contribution is 5.82. The molecule has 4 nitrogen and oxygen atoms in total. The van der Waals surface area contributed by atoms with Crippen molar-refractivity contribution in [2.24, 2.45) is 5.73 Å². The zero-order chi connectivity index (χ0) is 13.9. The normalized spacial score (nSPS) is 21.5. The third-order valence-corrected chi connectivity index (χ3v) is 3.59. The third-order valence-electron chi connectivity index (χ3n) is 3.59. The lowest BCUT2D eigenvalue weighted by Gasteiger charge is -2.17. The molecule has 4 heteroatoms. The second kappa shape index (κ2) is 5.41. The Labute approximate surface area is 117 Å². The van der Waals surface area contributed by atoms with Gasteiger partial charge in [-0.1, -0.05) is 30.3 Å². The number of amides is 1. The summed E-state index contributed by atoms with van der Waals surface area (Å²) in [5.74, 6) is -0.0542. The van der Waals surface area contributed by atoms with Crippen molar-refractivity contribution in [3.05, 3.63) is 47.7 Å². The van der Waals surface area contributed by atoms with Gasteiger partial charge in [-0.3, -0.25) is 4.79 Å². The highest BCUT2D eigenvalue weighted by Gasteiger charge is 2.27. The van der Waals surface area contributed by atoms with E-state index in [0.717, 1.165) is 24.0 Å². The van der Waals surface area contributed by atoms with Crippen LogP contribution in [0.2, 0.25) is 0 Å². The maximum atomic E-state index is 11.1. The van der Waals surface area contributed by atoms with Crippen LogP contribution in [-0.4, -0.2) is 12.2 Å². The fourth-order valence-electron chi connectivity index (χ4n) is 2.61. The summed E-state index contributed by atoms with van der Waals surface area (Å²) in [6.07, 6.45) is 7.38. The molecule has 0 aromatic heterocycles. The molecule has 1 aromatic carbocycles. The Hall–Kier alpha value is -2.23. The Morgan fingerprint density at radius 1 is 1.20 bits per heavy atom. The first kappa shape index (κ1) is 12.8. The van der Waals surface area contributed by atoms with Crippen LogP contribution in [0.1, 0.15) is 36.8 Å². The lowest BCUT2D eigenvalue weighted by atomic mass is 9.90. The highest BCUT2D eigenvalue weighted by atomic mass is 16.7. The molecule has 2 N–H and O–H groups in total. The molecule has 1 aliphatic heterocycles. The Balaban J connectivity index is 1.91. The number of carbonyl (C=O) groups excluding carboxylic acids is 1. The number of primary amides is 1. The van der Waals surface area contributed by atoms with Crippen molar-refractivity contribution in [2.45, 2.75) is 32.0 Å². The van der Waals surface area contributed by atoms with Gasteiger partial charge in [-0.15, -0.1) is 0 Å². The minimum atomic E-state index is -1.02. The Morgan fingerprint density at radius 2 is 2.00 bits per heavy atom. The predicted molar refractivity (Wildman–Crippen MR) is 76.0 cm³/mol. The predicted octanol–water partition coefficient (Wildman–Crippen LogP) is 2.80. The van der Waals surface area contributed by atoms with Crippen LogP contribution in [0.4, 0.5) is 0 Å². The SMILES string of the molecule is NC(=O)C1OC=C(c2ccccc2C2=CCCCC2)O1. The molecule has 0 saturated carbocycles. The van der Waals surface area contributed by atoms with Gasteiger partial charge in [0, 0.05) is 5.56 Å². The zero-order valence-electron chi connectivity index (χ0n) is 11.2. The molecule has 0 saturated heterocycles. The summed E-state index contributed by atoms with van der Waals surface area (Å²) in [5.41, 5.74) is 8.61. The monoisotopic (exact) mass is 271 g/mol. The summed E-state index contributed by atoms with van der Waals surface area (Å²) >= 11 is 0. The van der Waals surface area contributed by atoms with Crippen LogP contribution in [-0.2, 0) is 14.3 Å². The van der Waals surface area contributed by atoms with E-state index >= 15 is 0 Å². The molecule has 20 heavy (non-hydrogen) atoms. The van der Waals surface area contributed by atoms with Crippen molar-refractivity contribution >= 4 is 17.2 Å². The largest absolute Gasteiger partial charge is 0.450 e. The molecule has 2 aliphatic rings. The van der Waals surface area contributed by atoms with E-state index in [0.29, 0.717) is 5.76 Å². The molecule has 3 rings (SSSR count). The minimum Gasteiger partial charge on any atom is -0.450 e. The average Bonchev–Trinajstić information content (AvgIpc) is 2.98. The van der Waals surface area contributed by atoms with Crippen LogP contribution in [0.5, 0.6) is 0 Å². The van der Waals surface area contributed by atoms with Crippen LogP contribution in [0.25, 0.3) is 11.3 Å². The van der Waals surface area contributed by atoms with Gasteiger partial charge >= 0.3 is 6.29 Å². The van der Waals surface area contributed by atoms with Crippen LogP contribution >= 0.6 is 0 Å². The topological polar surface area (TPSA) is 61.6 Å². The van der Waals surface area contributed by atoms with E-state index in [-0.39, 0.29) is 0 Å². The average molecular weight is 271 g/mol. The van der Waals surface area contributed by atoms with Crippen molar-refractivity contribution < 1.29 is 14.3 Å². The molecule has 0 fully saturated rings. The van der Waals surface area contributed by atoms with Crippen LogP contribution in [0.15, 0.2) is 36.6 Å². The van der Waals surface area contributed by atoms with E-state index in [9.17, 15) is 4.79 Å². The smallest absolute Gasteiger partial charge is 0.320 e. The molecule has 0 spiro atoms. The molecular formula is C16H17NO3. The highest BCUT2D eigenvalue weighted by Crippen LogP contribution is 2.34. The molecule has 1 heterocycles. The first-order valence-corrected chi connectivity index (χ1v) is 6.86. The van der Waals surface area contributed by atoms with Crippen LogP contribution in [0.3, 0.4) is 0 Å². The van der Waals surface area contributed by atoms with Gasteiger partial charge in [-0.05, 0) is 36.8 Å². The summed E-state index contributed by atoms with van der Waals surface area (Å²) in [5, 5.41) is 0. The van der Waals surface area contributed by atoms with Gasteiger partial charge in [0.05, 0.1) is 0 Å². The summed E-state index contributed by atoms with van der Waals surface area (Å²) in [7, 11) is 0. The maximum Gasteiger partial charge on any atom is 0.320 e. The first-order chi connectivity index (χ1) is 9.75. The Kier molecular flexibility index (Phi) is 3.46. The molecule has 0 bridgehead atoms. The van der Waals surface area contributed by atoms with Gasteiger partial charge in [0.1, 0.15) is 6.26 Å². The Morgan fingerprint density at radius 3 is 2.65 bits per heavy atom. The van der Waals surface area contributed by atoms with Crippen molar-refractivity contribution in [3.63, 3.8) is 0 Å². The molecular weight excluding hydrogens is 254 g/mol. The molecule has 1 atom stereocenters. The molecule has 1 unspecified atom stereocenters. The molecule has 1 aromatic rings. The first-order valence-electron chi connectivity index (χ1n) is 6.86.